The average molecular weight is 227 g/mol. The number of rotatable bonds is 3. The zero-order valence-electron chi connectivity index (χ0n) is 9.59. The fourth-order valence-electron chi connectivity index (χ4n) is 1.67. The Hall–Kier alpha value is -2.35. The topological polar surface area (TPSA) is 80.5 Å². The lowest BCUT2D eigenvalue weighted by molar-refractivity contribution is 0.795. The number of hydrogen-bond acceptors (Lipinski definition) is 4. The van der Waals surface area contributed by atoms with Crippen molar-refractivity contribution in [2.75, 3.05) is 5.73 Å². The van der Waals surface area contributed by atoms with E-state index in [9.17, 15) is 0 Å². The number of nitrogen functional groups attached to an aromatic ring is 1. The maximum absolute atomic E-state index is 9.08. The summed E-state index contributed by atoms with van der Waals surface area (Å²) in [6.07, 6.45) is 3.34. The summed E-state index contributed by atoms with van der Waals surface area (Å²) in [5.41, 5.74) is 7.11. The fraction of sp³-hybridized carbons (Fsp3) is 0.250. The Kier molecular flexibility index (Phi) is 3.06. The van der Waals surface area contributed by atoms with Gasteiger partial charge in [-0.05, 0) is 18.6 Å². The molecule has 5 heteroatoms. The van der Waals surface area contributed by atoms with Crippen LogP contribution in [0.3, 0.4) is 0 Å². The molecule has 2 aromatic rings. The van der Waals surface area contributed by atoms with E-state index in [0.717, 1.165) is 18.5 Å². The van der Waals surface area contributed by atoms with Gasteiger partial charge in [0, 0.05) is 6.20 Å². The maximum atomic E-state index is 9.08. The number of nitrogens with two attached hydrogens (primary N) is 1. The van der Waals surface area contributed by atoms with Crippen molar-refractivity contribution in [3.05, 3.63) is 35.7 Å². The summed E-state index contributed by atoms with van der Waals surface area (Å²) in [6.45, 7) is 2.04. The van der Waals surface area contributed by atoms with Gasteiger partial charge in [0.25, 0.3) is 0 Å². The maximum Gasteiger partial charge on any atom is 0.155 e. The molecule has 0 saturated heterocycles. The summed E-state index contributed by atoms with van der Waals surface area (Å²) >= 11 is 0. The highest BCUT2D eigenvalue weighted by Crippen LogP contribution is 2.20. The van der Waals surface area contributed by atoms with Crippen LogP contribution >= 0.6 is 0 Å². The predicted molar refractivity (Wildman–Crippen MR) is 64.5 cm³/mol. The molecule has 0 unspecified atom stereocenters. The van der Waals surface area contributed by atoms with E-state index in [4.69, 9.17) is 11.0 Å². The summed E-state index contributed by atoms with van der Waals surface area (Å²) in [6, 6.07) is 7.59. The first-order valence-corrected chi connectivity index (χ1v) is 5.46. The molecule has 2 heterocycles. The van der Waals surface area contributed by atoms with Crippen molar-refractivity contribution in [3.8, 4) is 11.9 Å². The molecule has 0 aliphatic carbocycles. The predicted octanol–water partition coefficient (Wildman–Crippen LogP) is 1.67. The molecule has 2 aromatic heterocycles. The smallest absolute Gasteiger partial charge is 0.155 e. The Labute approximate surface area is 99.5 Å². The summed E-state index contributed by atoms with van der Waals surface area (Å²) in [5.74, 6) is 0.985. The zero-order chi connectivity index (χ0) is 12.3. The van der Waals surface area contributed by atoms with E-state index in [-0.39, 0.29) is 0 Å². The Morgan fingerprint density at radius 3 is 2.88 bits per heavy atom. The molecule has 0 aliphatic rings. The third-order valence-corrected chi connectivity index (χ3v) is 2.46. The Bertz CT molecular complexity index is 550. The molecular weight excluding hydrogens is 214 g/mol. The summed E-state index contributed by atoms with van der Waals surface area (Å²) in [4.78, 5) is 4.17. The van der Waals surface area contributed by atoms with Crippen LogP contribution < -0.4 is 5.73 Å². The van der Waals surface area contributed by atoms with Gasteiger partial charge < -0.3 is 5.73 Å². The molecule has 0 spiro atoms. The third-order valence-electron chi connectivity index (χ3n) is 2.46. The van der Waals surface area contributed by atoms with Gasteiger partial charge in [-0.2, -0.15) is 15.0 Å². The standard InChI is InChI=1S/C12H13N5/c1-2-5-10-9(8-13)12(14)17(16-10)11-6-3-4-7-15-11/h3-4,6-7H,2,5,14H2,1H3. The van der Waals surface area contributed by atoms with Crippen LogP contribution in [0.2, 0.25) is 0 Å². The second-order valence-corrected chi connectivity index (χ2v) is 3.67. The van der Waals surface area contributed by atoms with Gasteiger partial charge in [0.1, 0.15) is 17.5 Å². The van der Waals surface area contributed by atoms with Crippen LogP contribution in [0, 0.1) is 11.3 Å². The number of aryl methyl sites for hydroxylation is 1. The molecule has 0 bridgehead atoms. The molecule has 5 nitrogen and oxygen atoms in total. The molecule has 0 radical (unpaired) electrons. The van der Waals surface area contributed by atoms with E-state index in [2.05, 4.69) is 16.2 Å². The average Bonchev–Trinajstić information content (AvgIpc) is 2.67. The first kappa shape index (κ1) is 11.1. The monoisotopic (exact) mass is 227 g/mol. The number of aromatic nitrogens is 3. The number of pyridine rings is 1. The number of anilines is 1. The highest BCUT2D eigenvalue weighted by molar-refractivity contribution is 5.55. The van der Waals surface area contributed by atoms with Crippen LogP contribution in [0.1, 0.15) is 24.6 Å². The minimum Gasteiger partial charge on any atom is -0.382 e. The van der Waals surface area contributed by atoms with Crippen LogP contribution in [-0.2, 0) is 6.42 Å². The van der Waals surface area contributed by atoms with Crippen molar-refractivity contribution in [2.45, 2.75) is 19.8 Å². The molecular formula is C12H13N5. The lowest BCUT2D eigenvalue weighted by Gasteiger charge is -2.01. The number of hydrogen-bond donors (Lipinski definition) is 1. The molecule has 0 saturated carbocycles. The van der Waals surface area contributed by atoms with Gasteiger partial charge in [-0.25, -0.2) is 4.98 Å². The summed E-state index contributed by atoms with van der Waals surface area (Å²) in [7, 11) is 0. The second kappa shape index (κ2) is 4.66. The van der Waals surface area contributed by atoms with E-state index in [1.165, 1.54) is 4.68 Å². The van der Waals surface area contributed by atoms with Crippen LogP contribution in [-0.4, -0.2) is 14.8 Å². The Morgan fingerprint density at radius 2 is 2.29 bits per heavy atom. The van der Waals surface area contributed by atoms with Crippen LogP contribution in [0.4, 0.5) is 5.82 Å². The number of nitrogens with zero attached hydrogens (tertiary/aromatic N) is 4. The highest BCUT2D eigenvalue weighted by atomic mass is 15.3. The number of nitriles is 1. The first-order valence-electron chi connectivity index (χ1n) is 5.46. The normalized spacial score (nSPS) is 10.1. The van der Waals surface area contributed by atoms with Gasteiger partial charge in [0.05, 0.1) is 5.69 Å². The molecule has 0 atom stereocenters. The summed E-state index contributed by atoms with van der Waals surface area (Å²) in [5, 5.41) is 13.4. The Morgan fingerprint density at radius 1 is 1.47 bits per heavy atom. The van der Waals surface area contributed by atoms with E-state index in [1.807, 2.05) is 19.1 Å². The van der Waals surface area contributed by atoms with Gasteiger partial charge in [-0.3, -0.25) is 0 Å². The van der Waals surface area contributed by atoms with E-state index >= 15 is 0 Å². The molecule has 2 N–H and O–H groups in total. The van der Waals surface area contributed by atoms with E-state index in [1.54, 1.807) is 12.3 Å². The quantitative estimate of drug-likeness (QED) is 0.864. The van der Waals surface area contributed by atoms with Crippen molar-refractivity contribution in [2.24, 2.45) is 0 Å². The third kappa shape index (κ3) is 1.97. The van der Waals surface area contributed by atoms with Crippen molar-refractivity contribution in [3.63, 3.8) is 0 Å². The molecule has 17 heavy (non-hydrogen) atoms. The lowest BCUT2D eigenvalue weighted by Crippen LogP contribution is -2.04. The van der Waals surface area contributed by atoms with Gasteiger partial charge in [-0.15, -0.1) is 0 Å². The Balaban J connectivity index is 2.54. The van der Waals surface area contributed by atoms with Crippen LogP contribution in [0.15, 0.2) is 24.4 Å². The first-order chi connectivity index (χ1) is 8.27. The molecule has 0 fully saturated rings. The molecule has 0 aliphatic heterocycles. The van der Waals surface area contributed by atoms with Crippen molar-refractivity contribution in [1.29, 1.82) is 5.26 Å². The van der Waals surface area contributed by atoms with Crippen LogP contribution in [0.5, 0.6) is 0 Å². The second-order valence-electron chi connectivity index (χ2n) is 3.67. The van der Waals surface area contributed by atoms with Crippen molar-refractivity contribution < 1.29 is 0 Å². The van der Waals surface area contributed by atoms with Gasteiger partial charge in [0.15, 0.2) is 5.82 Å². The molecule has 2 rings (SSSR count). The largest absolute Gasteiger partial charge is 0.382 e. The fourth-order valence-corrected chi connectivity index (χ4v) is 1.67. The van der Waals surface area contributed by atoms with Crippen LogP contribution in [0.25, 0.3) is 5.82 Å². The molecule has 0 aromatic carbocycles. The van der Waals surface area contributed by atoms with Crippen molar-refractivity contribution in [1.82, 2.24) is 14.8 Å². The van der Waals surface area contributed by atoms with E-state index < -0.39 is 0 Å². The van der Waals surface area contributed by atoms with Gasteiger partial charge in [-0.1, -0.05) is 19.4 Å². The van der Waals surface area contributed by atoms with Gasteiger partial charge >= 0.3 is 0 Å². The highest BCUT2D eigenvalue weighted by Gasteiger charge is 2.15. The minimum atomic E-state index is 0.356. The lowest BCUT2D eigenvalue weighted by atomic mass is 10.2. The molecule has 0 amide bonds. The molecule has 86 valence electrons. The van der Waals surface area contributed by atoms with E-state index in [0.29, 0.717) is 17.2 Å². The zero-order valence-corrected chi connectivity index (χ0v) is 9.59. The SMILES string of the molecule is CCCc1nn(-c2ccccn2)c(N)c1C#N. The van der Waals surface area contributed by atoms with Gasteiger partial charge in [0.2, 0.25) is 0 Å². The minimum absolute atomic E-state index is 0.356. The summed E-state index contributed by atoms with van der Waals surface area (Å²) < 4.78 is 1.52. The van der Waals surface area contributed by atoms with Crippen molar-refractivity contribution >= 4 is 5.82 Å².